The lowest BCUT2D eigenvalue weighted by molar-refractivity contribution is 0.0415. The molecule has 2 unspecified atom stereocenters. The number of rotatable bonds is 2. The van der Waals surface area contributed by atoms with E-state index in [1.807, 2.05) is 0 Å². The topological polar surface area (TPSA) is 18.5 Å². The molecule has 104 valence electrons. The zero-order valence-corrected chi connectivity index (χ0v) is 11.9. The van der Waals surface area contributed by atoms with Crippen molar-refractivity contribution in [3.8, 4) is 0 Å². The number of piperidine rings is 1. The monoisotopic (exact) mass is 259 g/mol. The van der Waals surface area contributed by atoms with Crippen LogP contribution in [0.4, 0.5) is 0 Å². The fourth-order valence-electron chi connectivity index (χ4n) is 3.46. The summed E-state index contributed by atoms with van der Waals surface area (Å²) in [6.07, 6.45) is 2.67. The van der Waals surface area contributed by atoms with Crippen molar-refractivity contribution in [1.82, 2.24) is 15.1 Å². The smallest absolute Gasteiger partial charge is 0.0479 e. The van der Waals surface area contributed by atoms with E-state index in [9.17, 15) is 0 Å². The minimum Gasteiger partial charge on any atom is -0.315 e. The van der Waals surface area contributed by atoms with Gasteiger partial charge in [-0.2, -0.15) is 0 Å². The van der Waals surface area contributed by atoms with E-state index in [1.54, 1.807) is 0 Å². The van der Waals surface area contributed by atoms with Crippen molar-refractivity contribution in [2.24, 2.45) is 0 Å². The third-order valence-electron chi connectivity index (χ3n) is 4.55. The second kappa shape index (κ2) is 6.04. The number of benzene rings is 1. The Hall–Kier alpha value is -0.900. The third-order valence-corrected chi connectivity index (χ3v) is 4.55. The number of hydrogen-bond donors (Lipinski definition) is 1. The van der Waals surface area contributed by atoms with Crippen molar-refractivity contribution in [1.29, 1.82) is 0 Å². The fraction of sp³-hybridized carbons (Fsp3) is 0.625. The Balaban J connectivity index is 1.79. The minimum atomic E-state index is 0.560. The maximum absolute atomic E-state index is 3.56. The van der Waals surface area contributed by atoms with Gasteiger partial charge in [0.25, 0.3) is 0 Å². The maximum Gasteiger partial charge on any atom is 0.0479 e. The lowest BCUT2D eigenvalue weighted by Gasteiger charge is -2.45. The molecule has 0 bridgehead atoms. The van der Waals surface area contributed by atoms with Gasteiger partial charge >= 0.3 is 0 Å². The molecule has 1 aromatic carbocycles. The van der Waals surface area contributed by atoms with Crippen LogP contribution in [-0.4, -0.2) is 55.6 Å². The SMILES string of the molecule is CN1CCN(C2CCCNC2)C(c2ccccc2)C1. The number of nitrogens with zero attached hydrogens (tertiary/aromatic N) is 2. The predicted octanol–water partition coefficient (Wildman–Crippen LogP) is 1.73. The predicted molar refractivity (Wildman–Crippen MR) is 79.3 cm³/mol. The van der Waals surface area contributed by atoms with Crippen LogP contribution in [-0.2, 0) is 0 Å². The Bertz CT molecular complexity index is 386. The molecule has 19 heavy (non-hydrogen) atoms. The number of hydrogen-bond acceptors (Lipinski definition) is 3. The van der Waals surface area contributed by atoms with Gasteiger partial charge in [0.1, 0.15) is 0 Å². The Morgan fingerprint density at radius 3 is 2.74 bits per heavy atom. The highest BCUT2D eigenvalue weighted by molar-refractivity contribution is 5.20. The largest absolute Gasteiger partial charge is 0.315 e. The zero-order valence-electron chi connectivity index (χ0n) is 11.9. The molecule has 2 saturated heterocycles. The molecule has 3 nitrogen and oxygen atoms in total. The number of likely N-dealkylation sites (N-methyl/N-ethyl adjacent to an activating group) is 1. The van der Waals surface area contributed by atoms with Crippen molar-refractivity contribution in [2.45, 2.75) is 24.9 Å². The summed E-state index contributed by atoms with van der Waals surface area (Å²) in [6.45, 7) is 5.90. The van der Waals surface area contributed by atoms with Crippen molar-refractivity contribution in [3.63, 3.8) is 0 Å². The first kappa shape index (κ1) is 13.1. The number of piperazine rings is 1. The Labute approximate surface area is 116 Å². The lowest BCUT2D eigenvalue weighted by atomic mass is 9.97. The van der Waals surface area contributed by atoms with Gasteiger partial charge in [-0.3, -0.25) is 4.90 Å². The van der Waals surface area contributed by atoms with Crippen LogP contribution in [0.5, 0.6) is 0 Å². The molecular weight excluding hydrogens is 234 g/mol. The first-order chi connectivity index (χ1) is 9.34. The van der Waals surface area contributed by atoms with Crippen molar-refractivity contribution >= 4 is 0 Å². The molecule has 3 heteroatoms. The van der Waals surface area contributed by atoms with Gasteiger partial charge in [-0.1, -0.05) is 30.3 Å². The van der Waals surface area contributed by atoms with Crippen LogP contribution in [0.15, 0.2) is 30.3 Å². The van der Waals surface area contributed by atoms with Gasteiger partial charge in [0.05, 0.1) is 0 Å². The minimum absolute atomic E-state index is 0.560. The van der Waals surface area contributed by atoms with Gasteiger partial charge in [-0.05, 0) is 32.0 Å². The van der Waals surface area contributed by atoms with Crippen molar-refractivity contribution in [2.75, 3.05) is 39.8 Å². The van der Waals surface area contributed by atoms with Gasteiger partial charge in [0.15, 0.2) is 0 Å². The van der Waals surface area contributed by atoms with E-state index in [0.29, 0.717) is 12.1 Å². The summed E-state index contributed by atoms with van der Waals surface area (Å²) in [7, 11) is 2.24. The van der Waals surface area contributed by atoms with Crippen LogP contribution >= 0.6 is 0 Å². The molecule has 3 rings (SSSR count). The van der Waals surface area contributed by atoms with E-state index < -0.39 is 0 Å². The first-order valence-corrected chi connectivity index (χ1v) is 7.54. The van der Waals surface area contributed by atoms with E-state index in [0.717, 1.165) is 13.1 Å². The molecule has 2 fully saturated rings. The van der Waals surface area contributed by atoms with Crippen LogP contribution in [0.25, 0.3) is 0 Å². The van der Waals surface area contributed by atoms with Crippen LogP contribution in [0.1, 0.15) is 24.4 Å². The van der Waals surface area contributed by atoms with Crippen molar-refractivity contribution in [3.05, 3.63) is 35.9 Å². The summed E-state index contributed by atoms with van der Waals surface area (Å²) in [5.74, 6) is 0. The van der Waals surface area contributed by atoms with E-state index in [4.69, 9.17) is 0 Å². The summed E-state index contributed by atoms with van der Waals surface area (Å²) in [4.78, 5) is 5.20. The zero-order chi connectivity index (χ0) is 13.1. The highest BCUT2D eigenvalue weighted by Crippen LogP contribution is 2.28. The molecule has 2 aliphatic heterocycles. The van der Waals surface area contributed by atoms with Gasteiger partial charge in [-0.15, -0.1) is 0 Å². The molecular formula is C16H25N3. The average Bonchev–Trinajstić information content (AvgIpc) is 2.49. The quantitative estimate of drug-likeness (QED) is 0.872. The average molecular weight is 259 g/mol. The normalized spacial score (nSPS) is 30.4. The van der Waals surface area contributed by atoms with Gasteiger partial charge in [0.2, 0.25) is 0 Å². The summed E-state index contributed by atoms with van der Waals surface area (Å²) in [5, 5.41) is 3.56. The van der Waals surface area contributed by atoms with Crippen LogP contribution in [0, 0.1) is 0 Å². The molecule has 0 aromatic heterocycles. The molecule has 0 radical (unpaired) electrons. The molecule has 0 aliphatic carbocycles. The highest BCUT2D eigenvalue weighted by Gasteiger charge is 2.32. The van der Waals surface area contributed by atoms with Gasteiger partial charge in [0, 0.05) is 38.3 Å². The second-order valence-electron chi connectivity index (χ2n) is 5.93. The number of nitrogens with one attached hydrogen (secondary N) is 1. The highest BCUT2D eigenvalue weighted by atomic mass is 15.3. The van der Waals surface area contributed by atoms with E-state index >= 15 is 0 Å². The lowest BCUT2D eigenvalue weighted by Crippen LogP contribution is -2.54. The first-order valence-electron chi connectivity index (χ1n) is 7.54. The van der Waals surface area contributed by atoms with E-state index in [1.165, 1.54) is 38.0 Å². The Morgan fingerprint density at radius 2 is 2.00 bits per heavy atom. The fourth-order valence-corrected chi connectivity index (χ4v) is 3.46. The maximum atomic E-state index is 3.56. The Morgan fingerprint density at radius 1 is 1.16 bits per heavy atom. The van der Waals surface area contributed by atoms with Crippen molar-refractivity contribution < 1.29 is 0 Å². The molecule has 1 aromatic rings. The molecule has 1 N–H and O–H groups in total. The van der Waals surface area contributed by atoms with E-state index in [2.05, 4.69) is 52.5 Å². The standard InChI is InChI=1S/C16H25N3/c1-18-10-11-19(15-8-5-9-17-12-15)16(13-18)14-6-3-2-4-7-14/h2-4,6-7,15-17H,5,8-13H2,1H3. The third kappa shape index (κ3) is 2.99. The molecule has 2 atom stereocenters. The van der Waals surface area contributed by atoms with Crippen LogP contribution < -0.4 is 5.32 Å². The second-order valence-corrected chi connectivity index (χ2v) is 5.93. The summed E-state index contributed by atoms with van der Waals surface area (Å²) in [5.41, 5.74) is 1.47. The molecule has 2 heterocycles. The molecule has 2 aliphatic rings. The molecule has 0 saturated carbocycles. The summed E-state index contributed by atoms with van der Waals surface area (Å²) < 4.78 is 0. The van der Waals surface area contributed by atoms with Gasteiger partial charge in [-0.25, -0.2) is 0 Å². The summed E-state index contributed by atoms with van der Waals surface area (Å²) in [6, 6.07) is 12.3. The summed E-state index contributed by atoms with van der Waals surface area (Å²) >= 11 is 0. The van der Waals surface area contributed by atoms with E-state index in [-0.39, 0.29) is 0 Å². The van der Waals surface area contributed by atoms with Gasteiger partial charge < -0.3 is 10.2 Å². The van der Waals surface area contributed by atoms with Crippen LogP contribution in [0.2, 0.25) is 0 Å². The molecule has 0 spiro atoms. The molecule has 0 amide bonds. The van der Waals surface area contributed by atoms with Crippen LogP contribution in [0.3, 0.4) is 0 Å². The Kier molecular flexibility index (Phi) is 4.16.